The third-order valence-electron chi connectivity index (χ3n) is 5.86. The highest BCUT2D eigenvalue weighted by atomic mass is 32.2. The number of nitrogens with one attached hydrogen (secondary N) is 1. The van der Waals surface area contributed by atoms with Crippen LogP contribution in [-0.2, 0) is 27.8 Å². The van der Waals surface area contributed by atoms with Gasteiger partial charge in [0.05, 0.1) is 23.7 Å². The van der Waals surface area contributed by atoms with E-state index in [2.05, 4.69) is 9.82 Å². The number of amides is 1. The molecule has 1 N–H and O–H groups in total. The first kappa shape index (κ1) is 24.6. The van der Waals surface area contributed by atoms with Crippen LogP contribution in [-0.4, -0.2) is 43.3 Å². The fraction of sp³-hybridized carbons (Fsp3) is 0.320. The molecule has 1 atom stereocenters. The minimum absolute atomic E-state index is 0.00493. The number of hydrogen-bond donors (Lipinski definition) is 1. The van der Waals surface area contributed by atoms with Gasteiger partial charge in [-0.2, -0.15) is 5.10 Å². The zero-order chi connectivity index (χ0) is 25.2. The van der Waals surface area contributed by atoms with E-state index in [1.807, 2.05) is 38.1 Å². The van der Waals surface area contributed by atoms with Gasteiger partial charge in [-0.25, -0.2) is 17.8 Å². The topological polar surface area (TPSA) is 111 Å². The van der Waals surface area contributed by atoms with E-state index < -0.39 is 10.0 Å². The molecule has 2 heterocycles. The molecule has 4 rings (SSSR count). The zero-order valence-electron chi connectivity index (χ0n) is 19.9. The lowest BCUT2D eigenvalue weighted by Crippen LogP contribution is -2.33. The zero-order valence-corrected chi connectivity index (χ0v) is 20.7. The molecule has 1 aromatic heterocycles. The molecule has 3 aromatic rings. The molecule has 0 radical (unpaired) electrons. The molecule has 35 heavy (non-hydrogen) atoms. The van der Waals surface area contributed by atoms with E-state index in [0.29, 0.717) is 18.7 Å². The van der Waals surface area contributed by atoms with E-state index in [1.54, 1.807) is 23.1 Å². The van der Waals surface area contributed by atoms with Crippen LogP contribution < -0.4 is 19.9 Å². The van der Waals surface area contributed by atoms with Crippen LogP contribution in [0.5, 0.6) is 5.75 Å². The Hall–Kier alpha value is -3.50. The first-order valence-corrected chi connectivity index (χ1v) is 12.9. The summed E-state index contributed by atoms with van der Waals surface area (Å²) in [5, 5.41) is 4.38. The monoisotopic (exact) mass is 496 g/mol. The van der Waals surface area contributed by atoms with E-state index in [1.165, 1.54) is 23.7 Å². The Morgan fingerprint density at radius 1 is 1.14 bits per heavy atom. The van der Waals surface area contributed by atoms with Crippen LogP contribution in [0.2, 0.25) is 0 Å². The summed E-state index contributed by atoms with van der Waals surface area (Å²) in [6.07, 6.45) is 0.593. The number of rotatable bonds is 8. The normalized spacial score (nSPS) is 15.2. The number of carbonyl (C=O) groups excluding carboxylic acids is 1. The first-order valence-electron chi connectivity index (χ1n) is 11.4. The Morgan fingerprint density at radius 3 is 2.57 bits per heavy atom. The molecule has 0 saturated carbocycles. The lowest BCUT2D eigenvalue weighted by atomic mass is 10.1. The number of benzene rings is 2. The number of ether oxygens (including phenoxy) is 1. The Morgan fingerprint density at radius 2 is 1.89 bits per heavy atom. The van der Waals surface area contributed by atoms with Crippen LogP contribution in [0.15, 0.2) is 64.3 Å². The largest absolute Gasteiger partial charge is 0.494 e. The molecule has 1 aliphatic heterocycles. The fourth-order valence-electron chi connectivity index (χ4n) is 4.28. The van der Waals surface area contributed by atoms with Crippen LogP contribution >= 0.6 is 0 Å². The number of hydrogen-bond acceptors (Lipinski definition) is 6. The number of fused-ring (bicyclic) bond motifs is 1. The minimum atomic E-state index is -3.80. The summed E-state index contributed by atoms with van der Waals surface area (Å²) >= 11 is 0. The molecule has 1 amide bonds. The Labute approximate surface area is 204 Å². The van der Waals surface area contributed by atoms with E-state index in [0.717, 1.165) is 22.6 Å². The van der Waals surface area contributed by atoms with Crippen molar-refractivity contribution in [3.8, 4) is 17.0 Å². The van der Waals surface area contributed by atoms with Gasteiger partial charge in [0.25, 0.3) is 5.56 Å². The first-order chi connectivity index (χ1) is 16.7. The highest BCUT2D eigenvalue weighted by Gasteiger charge is 2.30. The van der Waals surface area contributed by atoms with Gasteiger partial charge in [0.15, 0.2) is 0 Å². The highest BCUT2D eigenvalue weighted by molar-refractivity contribution is 7.89. The maximum absolute atomic E-state index is 12.9. The van der Waals surface area contributed by atoms with E-state index >= 15 is 0 Å². The Balaban J connectivity index is 1.45. The molecule has 184 valence electrons. The average molecular weight is 497 g/mol. The second-order valence-electron chi connectivity index (χ2n) is 8.37. The van der Waals surface area contributed by atoms with Crippen molar-refractivity contribution in [2.75, 3.05) is 18.1 Å². The lowest BCUT2D eigenvalue weighted by molar-refractivity contribution is -0.116. The van der Waals surface area contributed by atoms with Gasteiger partial charge >= 0.3 is 0 Å². The van der Waals surface area contributed by atoms with Crippen LogP contribution in [0.25, 0.3) is 11.3 Å². The standard InChI is InChI=1S/C25H28N4O5S/c1-4-34-21-7-5-19(6-8-21)23-10-12-25(31)28(27-23)14-13-26-35(32,33)22-9-11-24-20(16-22)15-17(2)29(24)18(3)30/h5-12,16-17,26H,4,13-15H2,1-3H3/t17-/m1/s1. The highest BCUT2D eigenvalue weighted by Crippen LogP contribution is 2.33. The molecule has 0 aliphatic carbocycles. The van der Waals surface area contributed by atoms with Crippen molar-refractivity contribution in [3.05, 3.63) is 70.5 Å². The summed E-state index contributed by atoms with van der Waals surface area (Å²) < 4.78 is 35.0. The molecule has 0 fully saturated rings. The molecule has 0 saturated heterocycles. The number of anilines is 1. The van der Waals surface area contributed by atoms with Crippen molar-refractivity contribution < 1.29 is 17.9 Å². The lowest BCUT2D eigenvalue weighted by Gasteiger charge is -2.20. The molecule has 10 heteroatoms. The number of aromatic nitrogens is 2. The van der Waals surface area contributed by atoms with Crippen molar-refractivity contribution in [3.63, 3.8) is 0 Å². The van der Waals surface area contributed by atoms with Crippen molar-refractivity contribution in [2.24, 2.45) is 0 Å². The van der Waals surface area contributed by atoms with Crippen LogP contribution in [0.1, 0.15) is 26.3 Å². The predicted molar refractivity (Wildman–Crippen MR) is 133 cm³/mol. The van der Waals surface area contributed by atoms with Crippen LogP contribution in [0, 0.1) is 0 Å². The number of carbonyl (C=O) groups is 1. The van der Waals surface area contributed by atoms with Crippen molar-refractivity contribution in [1.29, 1.82) is 0 Å². The molecular weight excluding hydrogens is 468 g/mol. The minimum Gasteiger partial charge on any atom is -0.494 e. The summed E-state index contributed by atoms with van der Waals surface area (Å²) in [4.78, 5) is 26.0. The summed E-state index contributed by atoms with van der Waals surface area (Å²) in [6.45, 7) is 5.98. The van der Waals surface area contributed by atoms with Gasteiger partial charge < -0.3 is 9.64 Å². The smallest absolute Gasteiger partial charge is 0.266 e. The van der Waals surface area contributed by atoms with Crippen molar-refractivity contribution in [2.45, 2.75) is 44.7 Å². The van der Waals surface area contributed by atoms with Gasteiger partial charge in [-0.05, 0) is 74.4 Å². The van der Waals surface area contributed by atoms with Gasteiger partial charge in [-0.1, -0.05) is 0 Å². The Kier molecular flexibility index (Phi) is 7.04. The Bertz CT molecular complexity index is 1400. The predicted octanol–water partition coefficient (Wildman–Crippen LogP) is 2.59. The number of nitrogens with zero attached hydrogens (tertiary/aromatic N) is 3. The molecule has 0 unspecified atom stereocenters. The van der Waals surface area contributed by atoms with Gasteiger partial charge in [0, 0.05) is 36.8 Å². The van der Waals surface area contributed by atoms with Crippen LogP contribution in [0.4, 0.5) is 5.69 Å². The summed E-state index contributed by atoms with van der Waals surface area (Å²) in [6, 6.07) is 15.2. The molecule has 0 bridgehead atoms. The van der Waals surface area contributed by atoms with E-state index in [-0.39, 0.29) is 35.5 Å². The maximum atomic E-state index is 12.9. The number of sulfonamides is 1. The quantitative estimate of drug-likeness (QED) is 0.513. The second kappa shape index (κ2) is 10.0. The van der Waals surface area contributed by atoms with Crippen LogP contribution in [0.3, 0.4) is 0 Å². The fourth-order valence-corrected chi connectivity index (χ4v) is 5.35. The third kappa shape index (κ3) is 5.28. The van der Waals surface area contributed by atoms with E-state index in [4.69, 9.17) is 4.74 Å². The summed E-state index contributed by atoms with van der Waals surface area (Å²) in [5.41, 5.74) is 2.64. The van der Waals surface area contributed by atoms with Crippen molar-refractivity contribution in [1.82, 2.24) is 14.5 Å². The SMILES string of the molecule is CCOc1ccc(-c2ccc(=O)n(CCNS(=O)(=O)c3ccc4c(c3)C[C@@H](C)N4C(C)=O)n2)cc1. The van der Waals surface area contributed by atoms with Gasteiger partial charge in [-0.15, -0.1) is 0 Å². The molecule has 1 aliphatic rings. The molecular formula is C25H28N4O5S. The molecule has 2 aromatic carbocycles. The second-order valence-corrected chi connectivity index (χ2v) is 10.1. The van der Waals surface area contributed by atoms with Gasteiger partial charge in [0.1, 0.15) is 5.75 Å². The molecule has 9 nitrogen and oxygen atoms in total. The third-order valence-corrected chi connectivity index (χ3v) is 7.32. The average Bonchev–Trinajstić information content (AvgIpc) is 3.16. The summed E-state index contributed by atoms with van der Waals surface area (Å²) in [5.74, 6) is 0.671. The molecule has 0 spiro atoms. The van der Waals surface area contributed by atoms with Crippen molar-refractivity contribution >= 4 is 21.6 Å². The van der Waals surface area contributed by atoms with E-state index in [9.17, 15) is 18.0 Å². The maximum Gasteiger partial charge on any atom is 0.266 e. The van der Waals surface area contributed by atoms with Gasteiger partial charge in [0.2, 0.25) is 15.9 Å². The summed E-state index contributed by atoms with van der Waals surface area (Å²) in [7, 11) is -3.80. The van der Waals surface area contributed by atoms with Gasteiger partial charge in [-0.3, -0.25) is 9.59 Å².